The van der Waals surface area contributed by atoms with Crippen LogP contribution in [0.15, 0.2) is 36.7 Å². The van der Waals surface area contributed by atoms with Crippen LogP contribution in [0.2, 0.25) is 0 Å². The van der Waals surface area contributed by atoms with E-state index in [4.69, 9.17) is 9.72 Å². The molecule has 0 bridgehead atoms. The number of hydrogen-bond donors (Lipinski definition) is 1. The molecule has 2 saturated heterocycles. The summed E-state index contributed by atoms with van der Waals surface area (Å²) >= 11 is 1.66. The molecular weight excluding hydrogens is 524 g/mol. The Hall–Kier alpha value is -3.12. The van der Waals surface area contributed by atoms with Crippen molar-refractivity contribution in [1.82, 2.24) is 23.8 Å². The molecule has 2 aliphatic rings. The third-order valence-corrected chi connectivity index (χ3v) is 7.92. The highest BCUT2D eigenvalue weighted by molar-refractivity contribution is 7.97. The largest absolute Gasteiger partial charge is 0.444 e. The van der Waals surface area contributed by atoms with E-state index in [2.05, 4.69) is 14.7 Å². The topological polar surface area (TPSA) is 78.2 Å². The van der Waals surface area contributed by atoms with E-state index in [-0.39, 0.29) is 18.2 Å². The fourth-order valence-electron chi connectivity index (χ4n) is 5.11. The van der Waals surface area contributed by atoms with Gasteiger partial charge >= 0.3 is 6.09 Å². The molecule has 0 radical (unpaired) electrons. The highest BCUT2D eigenvalue weighted by Gasteiger charge is 2.32. The average molecular weight is 560 g/mol. The van der Waals surface area contributed by atoms with Crippen molar-refractivity contribution >= 4 is 35.2 Å². The molecule has 0 saturated carbocycles. The molecule has 2 aromatic heterocycles. The lowest BCUT2D eigenvalue weighted by molar-refractivity contribution is 0.00933. The molecule has 5 rings (SSSR count). The summed E-state index contributed by atoms with van der Waals surface area (Å²) in [4.78, 5) is 21.2. The smallest absolute Gasteiger partial charge is 0.410 e. The molecule has 1 N–H and O–H groups in total. The molecule has 39 heavy (non-hydrogen) atoms. The van der Waals surface area contributed by atoms with E-state index in [1.54, 1.807) is 27.6 Å². The summed E-state index contributed by atoms with van der Waals surface area (Å²) in [6.45, 7) is 10.4. The molecule has 3 aromatic rings. The first-order chi connectivity index (χ1) is 18.6. The number of carbonyl (C=O) groups is 1. The van der Waals surface area contributed by atoms with Crippen molar-refractivity contribution in [3.8, 4) is 0 Å². The molecule has 0 spiro atoms. The monoisotopic (exact) mass is 559 g/mol. The van der Waals surface area contributed by atoms with Crippen molar-refractivity contribution in [2.24, 2.45) is 0 Å². The summed E-state index contributed by atoms with van der Waals surface area (Å²) < 4.78 is 37.9. The number of halogens is 2. The number of hydrogen-bond acceptors (Lipinski definition) is 8. The molecule has 0 unspecified atom stereocenters. The SMILES string of the molecule is C[C@H]1CN(SCNc2cnn3ccc(N4CCC[C@@H]4c4cc(F)ccc4F)nc23)CCN1C(=O)OC(C)(C)C. The Labute approximate surface area is 231 Å². The minimum Gasteiger partial charge on any atom is -0.444 e. The number of aromatic nitrogens is 3. The molecule has 1 aromatic carbocycles. The predicted octanol–water partition coefficient (Wildman–Crippen LogP) is 5.31. The first-order valence-corrected chi connectivity index (χ1v) is 14.2. The van der Waals surface area contributed by atoms with Gasteiger partial charge in [0.1, 0.15) is 28.7 Å². The van der Waals surface area contributed by atoms with Crippen molar-refractivity contribution in [3.63, 3.8) is 0 Å². The van der Waals surface area contributed by atoms with Gasteiger partial charge in [0.25, 0.3) is 0 Å². The van der Waals surface area contributed by atoms with Gasteiger partial charge in [-0.05, 0) is 64.8 Å². The molecule has 9 nitrogen and oxygen atoms in total. The van der Waals surface area contributed by atoms with Crippen LogP contribution in [0.4, 0.5) is 25.1 Å². The van der Waals surface area contributed by atoms with Crippen molar-refractivity contribution in [3.05, 3.63) is 53.9 Å². The van der Waals surface area contributed by atoms with Crippen LogP contribution < -0.4 is 10.2 Å². The van der Waals surface area contributed by atoms with E-state index in [9.17, 15) is 13.6 Å². The number of ether oxygens (including phenoxy) is 1. The summed E-state index contributed by atoms with van der Waals surface area (Å²) in [7, 11) is 0. The first kappa shape index (κ1) is 27.4. The minimum absolute atomic E-state index is 0.0404. The Bertz CT molecular complexity index is 1330. The summed E-state index contributed by atoms with van der Waals surface area (Å²) in [5, 5.41) is 7.82. The second-order valence-corrected chi connectivity index (χ2v) is 12.1. The Morgan fingerprint density at radius 3 is 2.79 bits per heavy atom. The normalized spacial score (nSPS) is 20.6. The number of nitrogens with zero attached hydrogens (tertiary/aromatic N) is 6. The number of carbonyl (C=O) groups excluding carboxylic acids is 1. The zero-order chi connectivity index (χ0) is 27.7. The van der Waals surface area contributed by atoms with Crippen LogP contribution in [-0.2, 0) is 4.74 Å². The maximum Gasteiger partial charge on any atom is 0.410 e. The third kappa shape index (κ3) is 6.22. The van der Waals surface area contributed by atoms with Crippen LogP contribution in [0.25, 0.3) is 5.65 Å². The summed E-state index contributed by atoms with van der Waals surface area (Å²) in [5.74, 6) is 0.464. The second-order valence-electron chi connectivity index (χ2n) is 11.0. The molecule has 0 aliphatic carbocycles. The van der Waals surface area contributed by atoms with Gasteiger partial charge in [0.15, 0.2) is 5.65 Å². The van der Waals surface area contributed by atoms with E-state index in [0.29, 0.717) is 36.0 Å². The molecule has 2 atom stereocenters. The van der Waals surface area contributed by atoms with Crippen molar-refractivity contribution < 1.29 is 18.3 Å². The zero-order valence-electron chi connectivity index (χ0n) is 22.7. The minimum atomic E-state index is -0.514. The van der Waals surface area contributed by atoms with Gasteiger partial charge in [-0.15, -0.1) is 0 Å². The van der Waals surface area contributed by atoms with Crippen LogP contribution >= 0.6 is 11.9 Å². The Kier molecular flexibility index (Phi) is 7.86. The van der Waals surface area contributed by atoms with Crippen LogP contribution in [0.5, 0.6) is 0 Å². The molecule has 4 heterocycles. The van der Waals surface area contributed by atoms with Crippen LogP contribution in [0, 0.1) is 11.6 Å². The number of amides is 1. The van der Waals surface area contributed by atoms with Crippen molar-refractivity contribution in [1.29, 1.82) is 0 Å². The first-order valence-electron chi connectivity index (χ1n) is 13.3. The molecule has 210 valence electrons. The van der Waals surface area contributed by atoms with Gasteiger partial charge in [-0.1, -0.05) is 11.9 Å². The Balaban J connectivity index is 1.21. The lowest BCUT2D eigenvalue weighted by Crippen LogP contribution is -2.53. The van der Waals surface area contributed by atoms with Gasteiger partial charge in [0.05, 0.1) is 18.1 Å². The number of anilines is 2. The van der Waals surface area contributed by atoms with Gasteiger partial charge in [-0.25, -0.2) is 27.4 Å². The summed E-state index contributed by atoms with van der Waals surface area (Å²) in [5.41, 5.74) is 1.30. The van der Waals surface area contributed by atoms with Crippen LogP contribution in [0.3, 0.4) is 0 Å². The summed E-state index contributed by atoms with van der Waals surface area (Å²) in [6.07, 6.45) is 4.90. The Morgan fingerprint density at radius 1 is 1.21 bits per heavy atom. The Morgan fingerprint density at radius 2 is 2.03 bits per heavy atom. The van der Waals surface area contributed by atoms with Crippen LogP contribution in [-0.4, -0.2) is 73.6 Å². The highest BCUT2D eigenvalue weighted by atomic mass is 32.2. The molecule has 1 amide bonds. The van der Waals surface area contributed by atoms with Gasteiger partial charge in [0, 0.05) is 44.0 Å². The number of fused-ring (bicyclic) bond motifs is 1. The number of nitrogens with one attached hydrogen (secondary N) is 1. The van der Waals surface area contributed by atoms with E-state index in [1.807, 2.05) is 44.9 Å². The lowest BCUT2D eigenvalue weighted by Gasteiger charge is -2.39. The van der Waals surface area contributed by atoms with Gasteiger partial charge in [0.2, 0.25) is 0 Å². The fourth-order valence-corrected chi connectivity index (χ4v) is 6.05. The predicted molar refractivity (Wildman–Crippen MR) is 149 cm³/mol. The molecule has 2 fully saturated rings. The zero-order valence-corrected chi connectivity index (χ0v) is 23.5. The number of benzene rings is 1. The molecule has 2 aliphatic heterocycles. The van der Waals surface area contributed by atoms with Crippen molar-refractivity contribution in [2.45, 2.75) is 58.2 Å². The van der Waals surface area contributed by atoms with Gasteiger partial charge < -0.3 is 19.9 Å². The van der Waals surface area contributed by atoms with Crippen molar-refractivity contribution in [2.75, 3.05) is 42.3 Å². The summed E-state index contributed by atoms with van der Waals surface area (Å²) in [6, 6.07) is 5.25. The van der Waals surface area contributed by atoms with E-state index >= 15 is 0 Å². The number of rotatable bonds is 6. The molecular formula is C27H35F2N7O2S. The van der Waals surface area contributed by atoms with Gasteiger partial charge in [-0.2, -0.15) is 5.10 Å². The standard InChI is InChI=1S/C27H35F2N7O2S/c1-18-16-33(12-13-34(18)26(37)38-27(2,3)4)39-17-30-22-15-31-36-11-9-24(32-25(22)36)35-10-5-6-23(35)20-14-19(28)7-8-21(20)29/h7-9,11,14-15,18,23,30H,5-6,10,12-13,16-17H2,1-4H3/t18-,23+/m0/s1. The van der Waals surface area contributed by atoms with E-state index < -0.39 is 17.2 Å². The van der Waals surface area contributed by atoms with E-state index in [1.165, 1.54) is 12.1 Å². The van der Waals surface area contributed by atoms with Gasteiger partial charge in [-0.3, -0.25) is 0 Å². The molecule has 12 heteroatoms. The average Bonchev–Trinajstić information content (AvgIpc) is 3.51. The third-order valence-electron chi connectivity index (χ3n) is 6.95. The quantitative estimate of drug-likeness (QED) is 0.322. The lowest BCUT2D eigenvalue weighted by atomic mass is 10.0. The van der Waals surface area contributed by atoms with Crippen LogP contribution in [0.1, 0.15) is 52.1 Å². The fraction of sp³-hybridized carbons (Fsp3) is 0.519. The maximum absolute atomic E-state index is 14.6. The maximum atomic E-state index is 14.6. The second kappa shape index (κ2) is 11.2. The highest BCUT2D eigenvalue weighted by Crippen LogP contribution is 2.37. The van der Waals surface area contributed by atoms with E-state index in [0.717, 1.165) is 37.7 Å². The number of piperazine rings is 1.